The maximum atomic E-state index is 12.4. The van der Waals surface area contributed by atoms with Gasteiger partial charge in [-0.25, -0.2) is 0 Å². The molecule has 2 fully saturated rings. The van der Waals surface area contributed by atoms with Crippen molar-refractivity contribution in [1.82, 2.24) is 0 Å². The molecule has 2 heterocycles. The Bertz CT molecular complexity index is 729. The quantitative estimate of drug-likeness (QED) is 0.630. The van der Waals surface area contributed by atoms with E-state index >= 15 is 0 Å². The summed E-state index contributed by atoms with van der Waals surface area (Å²) in [5, 5.41) is 32.2. The van der Waals surface area contributed by atoms with Crippen molar-refractivity contribution in [2.75, 3.05) is 11.5 Å². The van der Waals surface area contributed by atoms with E-state index in [1.54, 1.807) is 0 Å². The van der Waals surface area contributed by atoms with Crippen molar-refractivity contribution in [1.29, 1.82) is 0 Å². The molecule has 0 bridgehead atoms. The van der Waals surface area contributed by atoms with Crippen LogP contribution in [0.3, 0.4) is 0 Å². The topological polar surface area (TPSA) is 136 Å². The van der Waals surface area contributed by atoms with Crippen molar-refractivity contribution < 1.29 is 24.2 Å². The Morgan fingerprint density at radius 1 is 1.04 bits per heavy atom. The van der Waals surface area contributed by atoms with Gasteiger partial charge in [0.15, 0.2) is 0 Å². The molecule has 1 aromatic rings. The van der Waals surface area contributed by atoms with Gasteiger partial charge in [-0.2, -0.15) is 4.28 Å². The Balaban J connectivity index is 1.97. The van der Waals surface area contributed by atoms with Gasteiger partial charge >= 0.3 is 11.4 Å². The minimum absolute atomic E-state index is 0.0360. The normalized spacial score (nSPS) is 27.9. The first-order valence-electron chi connectivity index (χ1n) is 7.44. The zero-order valence-electron chi connectivity index (χ0n) is 12.6. The number of hydrogen-bond acceptors (Lipinski definition) is 7. The zero-order chi connectivity index (χ0) is 17.5. The van der Waals surface area contributed by atoms with Gasteiger partial charge in [-0.15, -0.1) is 0 Å². The molecule has 0 atom stereocenters. The van der Waals surface area contributed by atoms with Crippen LogP contribution in [0.4, 0.5) is 17.1 Å². The molecule has 0 aliphatic carbocycles. The maximum absolute atomic E-state index is 12.4. The summed E-state index contributed by atoms with van der Waals surface area (Å²) in [5.41, 5.74) is -2.15. The van der Waals surface area contributed by atoms with E-state index in [-0.39, 0.29) is 4.92 Å². The highest BCUT2D eigenvalue weighted by atomic mass is 32.3. The number of hydrogen-bond donors (Lipinski definition) is 1. The molecule has 0 aromatic heterocycles. The predicted octanol–water partition coefficient (Wildman–Crippen LogP) is 3.23. The van der Waals surface area contributed by atoms with Gasteiger partial charge in [0.05, 0.1) is 20.8 Å². The monoisotopic (exact) mass is 358 g/mol. The molecular formula is C13H16N3O7S+. The smallest absolute Gasteiger partial charge is 0.373 e. The number of benzene rings is 1. The van der Waals surface area contributed by atoms with Crippen LogP contribution in [0.1, 0.15) is 25.7 Å². The van der Waals surface area contributed by atoms with Crippen molar-refractivity contribution in [3.05, 3.63) is 37.3 Å². The minimum Gasteiger partial charge on any atom is -0.497 e. The average molecular weight is 358 g/mol. The molecule has 1 aromatic carbocycles. The molecule has 0 spiro atoms. The van der Waals surface area contributed by atoms with E-state index in [1.165, 1.54) is 0 Å². The molecule has 3 rings (SSSR count). The summed E-state index contributed by atoms with van der Waals surface area (Å²) in [6, 6.07) is 1.41. The van der Waals surface area contributed by atoms with Gasteiger partial charge in [0.1, 0.15) is 6.07 Å². The van der Waals surface area contributed by atoms with Crippen LogP contribution in [0.25, 0.3) is 0 Å². The predicted molar refractivity (Wildman–Crippen MR) is 85.4 cm³/mol. The molecular weight excluding hydrogens is 342 g/mol. The van der Waals surface area contributed by atoms with E-state index in [9.17, 15) is 30.2 Å². The molecule has 0 unspecified atom stereocenters. The van der Waals surface area contributed by atoms with Gasteiger partial charge in [0, 0.05) is 16.8 Å². The van der Waals surface area contributed by atoms with Crippen LogP contribution in [0.15, 0.2) is 12.1 Å². The number of nitrogens with zero attached hydrogens (tertiary/aromatic N) is 3. The molecule has 0 radical (unpaired) electrons. The van der Waals surface area contributed by atoms with Crippen LogP contribution in [0.2, 0.25) is 0 Å². The summed E-state index contributed by atoms with van der Waals surface area (Å²) in [6.07, 6.45) is 3.86. The third kappa shape index (κ3) is 2.64. The fraction of sp³-hybridized carbons (Fsp3) is 0.538. The lowest BCUT2D eigenvalue weighted by Crippen LogP contribution is -2.17. The van der Waals surface area contributed by atoms with Crippen LogP contribution in [-0.4, -0.2) is 36.6 Å². The van der Waals surface area contributed by atoms with Crippen LogP contribution in [-0.2, 0) is 4.28 Å². The highest BCUT2D eigenvalue weighted by Crippen LogP contribution is 2.66. The van der Waals surface area contributed by atoms with Crippen LogP contribution < -0.4 is 0 Å². The molecule has 2 saturated heterocycles. The second-order valence-electron chi connectivity index (χ2n) is 5.86. The van der Waals surface area contributed by atoms with Crippen molar-refractivity contribution in [3.8, 4) is 5.75 Å². The molecule has 24 heavy (non-hydrogen) atoms. The highest BCUT2D eigenvalue weighted by Gasteiger charge is 2.50. The molecule has 11 heteroatoms. The summed E-state index contributed by atoms with van der Waals surface area (Å²) >= 11 is 0. The van der Waals surface area contributed by atoms with Crippen molar-refractivity contribution in [3.63, 3.8) is 0 Å². The number of aromatic hydroxyl groups is 1. The van der Waals surface area contributed by atoms with E-state index in [0.717, 1.165) is 43.3 Å². The third-order valence-corrected chi connectivity index (χ3v) is 8.59. The van der Waals surface area contributed by atoms with Gasteiger partial charge in [0.25, 0.3) is 16.4 Å². The number of phenolic OH excluding ortho intramolecular Hbond substituents is 1. The van der Waals surface area contributed by atoms with Gasteiger partial charge in [0.2, 0.25) is 0 Å². The lowest BCUT2D eigenvalue weighted by Gasteiger charge is -2.27. The largest absolute Gasteiger partial charge is 0.497 e. The summed E-state index contributed by atoms with van der Waals surface area (Å²) in [7, 11) is -1.63. The standard InChI is InChI=1S/C13H15N3O7S/c17-13-11(15(20)21)7-9(14(18)19)8-12(13)16(22)23-24-5-1-3-10(24)4-2-6-24/h7-8,10H,1-6H2/p+1. The lowest BCUT2D eigenvalue weighted by atomic mass is 10.2. The van der Waals surface area contributed by atoms with Gasteiger partial charge < -0.3 is 5.11 Å². The molecule has 10 nitrogen and oxygen atoms in total. The van der Waals surface area contributed by atoms with Crippen molar-refractivity contribution in [2.45, 2.75) is 30.9 Å². The highest BCUT2D eigenvalue weighted by molar-refractivity contribution is 8.30. The molecule has 2 aliphatic rings. The van der Waals surface area contributed by atoms with Gasteiger partial charge in [-0.3, -0.25) is 20.2 Å². The Morgan fingerprint density at radius 3 is 2.17 bits per heavy atom. The van der Waals surface area contributed by atoms with Crippen LogP contribution >= 0.6 is 10.3 Å². The first-order valence-corrected chi connectivity index (χ1v) is 9.40. The SMILES string of the molecule is O=[N+]([O-])c1cc([N+](=O)[O-])c(O)c([N+](=O)OS23CCCC2CCC3)c1. The third-order valence-electron chi connectivity index (χ3n) is 4.51. The molecule has 0 amide bonds. The zero-order valence-corrected chi connectivity index (χ0v) is 13.4. The Hall–Kier alpha value is -2.43. The Labute approximate surface area is 137 Å². The first-order chi connectivity index (χ1) is 11.3. The fourth-order valence-corrected chi connectivity index (χ4v) is 7.40. The van der Waals surface area contributed by atoms with E-state index < -0.39 is 43.0 Å². The number of fused-ring (bicyclic) bond motifs is 1. The number of non-ortho nitro benzene ring substituents is 1. The molecule has 0 saturated carbocycles. The Kier molecular flexibility index (Phi) is 4.03. The number of nitro benzene ring substituents is 2. The number of nitro groups is 2. The van der Waals surface area contributed by atoms with Crippen LogP contribution in [0, 0.1) is 25.1 Å². The Morgan fingerprint density at radius 2 is 1.62 bits per heavy atom. The second-order valence-corrected chi connectivity index (χ2v) is 9.23. The van der Waals surface area contributed by atoms with E-state index in [0.29, 0.717) is 11.3 Å². The molecule has 1 N–H and O–H groups in total. The molecule has 130 valence electrons. The maximum Gasteiger partial charge on any atom is 0.373 e. The van der Waals surface area contributed by atoms with Crippen molar-refractivity contribution >= 4 is 27.4 Å². The van der Waals surface area contributed by atoms with Gasteiger partial charge in [-0.05, 0) is 36.0 Å². The van der Waals surface area contributed by atoms with Crippen molar-refractivity contribution in [2.24, 2.45) is 0 Å². The number of rotatable bonds is 5. The minimum atomic E-state index is -1.63. The first kappa shape index (κ1) is 16.4. The van der Waals surface area contributed by atoms with Gasteiger partial charge in [-0.1, -0.05) is 0 Å². The summed E-state index contributed by atoms with van der Waals surface area (Å²) in [5.74, 6) is 0.617. The second kappa shape index (κ2) is 5.89. The lowest BCUT2D eigenvalue weighted by molar-refractivity contribution is -0.697. The van der Waals surface area contributed by atoms with E-state index in [4.69, 9.17) is 4.28 Å². The molecule has 2 aliphatic heterocycles. The number of phenols is 1. The summed E-state index contributed by atoms with van der Waals surface area (Å²) < 4.78 is 5.62. The van der Waals surface area contributed by atoms with E-state index in [2.05, 4.69) is 0 Å². The summed E-state index contributed by atoms with van der Waals surface area (Å²) in [4.78, 5) is 32.5. The fourth-order valence-electron chi connectivity index (χ4n) is 3.40. The average Bonchev–Trinajstić information content (AvgIpc) is 3.05. The summed E-state index contributed by atoms with van der Waals surface area (Å²) in [6.45, 7) is 0. The van der Waals surface area contributed by atoms with E-state index in [1.807, 2.05) is 0 Å². The van der Waals surface area contributed by atoms with Crippen LogP contribution in [0.5, 0.6) is 5.75 Å².